The highest BCUT2D eigenvalue weighted by Gasteiger charge is 2.23. The molecule has 2 saturated carbocycles. The molecule has 3 nitrogen and oxygen atoms in total. The van der Waals surface area contributed by atoms with Gasteiger partial charge in [0.05, 0.1) is 0 Å². The van der Waals surface area contributed by atoms with Crippen molar-refractivity contribution in [2.45, 2.75) is 76.8 Å². The summed E-state index contributed by atoms with van der Waals surface area (Å²) >= 11 is 0. The van der Waals surface area contributed by atoms with Crippen LogP contribution in [-0.4, -0.2) is 24.5 Å². The summed E-state index contributed by atoms with van der Waals surface area (Å²) in [6, 6.07) is 1.06. The van der Waals surface area contributed by atoms with Crippen molar-refractivity contribution in [1.29, 1.82) is 0 Å². The predicted octanol–water partition coefficient (Wildman–Crippen LogP) is 2.60. The molecule has 2 N–H and O–H groups in total. The Morgan fingerprint density at radius 3 is 2.39 bits per heavy atom. The van der Waals surface area contributed by atoms with Crippen molar-refractivity contribution in [1.82, 2.24) is 10.6 Å². The fourth-order valence-electron chi connectivity index (χ4n) is 2.92. The first-order valence-corrected chi connectivity index (χ1v) is 7.78. The molecule has 1 amide bonds. The summed E-state index contributed by atoms with van der Waals surface area (Å²) < 4.78 is 0. The van der Waals surface area contributed by atoms with Crippen LogP contribution in [0.4, 0.5) is 0 Å². The van der Waals surface area contributed by atoms with Gasteiger partial charge in [0.15, 0.2) is 0 Å². The standard InChI is InChI=1S/C15H28N2O/c1-12(13-6-4-2-3-5-7-13)16-11-10-15(18)17-14-8-9-14/h12-14,16H,2-11H2,1H3,(H,17,18)/t12-/m1/s1. The van der Waals surface area contributed by atoms with Gasteiger partial charge < -0.3 is 10.6 Å². The largest absolute Gasteiger partial charge is 0.353 e. The molecule has 0 heterocycles. The minimum absolute atomic E-state index is 0.220. The summed E-state index contributed by atoms with van der Waals surface area (Å²) in [5, 5.41) is 6.58. The van der Waals surface area contributed by atoms with Gasteiger partial charge >= 0.3 is 0 Å². The molecule has 2 aliphatic rings. The van der Waals surface area contributed by atoms with Gasteiger partial charge in [-0.1, -0.05) is 25.7 Å². The van der Waals surface area contributed by atoms with Crippen LogP contribution in [-0.2, 0) is 4.79 Å². The van der Waals surface area contributed by atoms with Crippen LogP contribution in [0.1, 0.15) is 64.7 Å². The average Bonchev–Trinajstić information content (AvgIpc) is 3.14. The van der Waals surface area contributed by atoms with Crippen molar-refractivity contribution in [2.75, 3.05) is 6.54 Å². The molecule has 0 spiro atoms. The van der Waals surface area contributed by atoms with Crippen LogP contribution in [0.15, 0.2) is 0 Å². The number of nitrogens with one attached hydrogen (secondary N) is 2. The Kier molecular flexibility index (Phi) is 5.48. The minimum Gasteiger partial charge on any atom is -0.353 e. The molecular weight excluding hydrogens is 224 g/mol. The zero-order valence-corrected chi connectivity index (χ0v) is 11.7. The second-order valence-corrected chi connectivity index (χ2v) is 6.09. The van der Waals surface area contributed by atoms with Gasteiger partial charge in [0.2, 0.25) is 5.91 Å². The van der Waals surface area contributed by atoms with Crippen molar-refractivity contribution in [3.63, 3.8) is 0 Å². The Morgan fingerprint density at radius 1 is 1.11 bits per heavy atom. The third-order valence-corrected chi connectivity index (χ3v) is 4.37. The molecule has 0 aromatic rings. The lowest BCUT2D eigenvalue weighted by molar-refractivity contribution is -0.121. The average molecular weight is 252 g/mol. The van der Waals surface area contributed by atoms with Gasteiger partial charge in [0, 0.05) is 25.0 Å². The van der Waals surface area contributed by atoms with Gasteiger partial charge in [0.25, 0.3) is 0 Å². The van der Waals surface area contributed by atoms with Crippen LogP contribution in [0.2, 0.25) is 0 Å². The van der Waals surface area contributed by atoms with Gasteiger partial charge in [-0.3, -0.25) is 4.79 Å². The van der Waals surface area contributed by atoms with E-state index in [1.165, 1.54) is 51.4 Å². The highest BCUT2D eigenvalue weighted by molar-refractivity contribution is 5.76. The molecule has 0 saturated heterocycles. The molecule has 2 fully saturated rings. The number of rotatable bonds is 6. The maximum absolute atomic E-state index is 11.6. The van der Waals surface area contributed by atoms with Gasteiger partial charge in [-0.15, -0.1) is 0 Å². The van der Waals surface area contributed by atoms with E-state index in [1.54, 1.807) is 0 Å². The number of carbonyl (C=O) groups excluding carboxylic acids is 1. The number of amides is 1. The van der Waals surface area contributed by atoms with Crippen LogP contribution >= 0.6 is 0 Å². The molecule has 0 radical (unpaired) electrons. The zero-order chi connectivity index (χ0) is 12.8. The van der Waals surface area contributed by atoms with Gasteiger partial charge in [-0.05, 0) is 38.5 Å². The highest BCUT2D eigenvalue weighted by Crippen LogP contribution is 2.25. The first-order chi connectivity index (χ1) is 8.75. The summed E-state index contributed by atoms with van der Waals surface area (Å²) in [5.41, 5.74) is 0. The Bertz CT molecular complexity index is 255. The summed E-state index contributed by atoms with van der Waals surface area (Å²) in [5.74, 6) is 1.04. The van der Waals surface area contributed by atoms with Crippen LogP contribution < -0.4 is 10.6 Å². The van der Waals surface area contributed by atoms with Crippen molar-refractivity contribution in [3.05, 3.63) is 0 Å². The van der Waals surface area contributed by atoms with Crippen LogP contribution in [0.25, 0.3) is 0 Å². The number of hydrogen-bond donors (Lipinski definition) is 2. The fourth-order valence-corrected chi connectivity index (χ4v) is 2.92. The quantitative estimate of drug-likeness (QED) is 0.713. The topological polar surface area (TPSA) is 41.1 Å². The molecule has 0 aromatic carbocycles. The van der Waals surface area contributed by atoms with Crippen LogP contribution in [0.3, 0.4) is 0 Å². The van der Waals surface area contributed by atoms with Crippen molar-refractivity contribution in [3.8, 4) is 0 Å². The molecule has 0 aromatic heterocycles. The molecule has 18 heavy (non-hydrogen) atoms. The second-order valence-electron chi connectivity index (χ2n) is 6.09. The van der Waals surface area contributed by atoms with Gasteiger partial charge in [-0.2, -0.15) is 0 Å². The first kappa shape index (κ1) is 13.9. The smallest absolute Gasteiger partial charge is 0.221 e. The molecule has 3 heteroatoms. The molecule has 104 valence electrons. The van der Waals surface area contributed by atoms with E-state index in [0.29, 0.717) is 18.5 Å². The predicted molar refractivity (Wildman–Crippen MR) is 74.4 cm³/mol. The second kappa shape index (κ2) is 7.13. The van der Waals surface area contributed by atoms with Crippen molar-refractivity contribution in [2.24, 2.45) is 5.92 Å². The van der Waals surface area contributed by atoms with Crippen LogP contribution in [0.5, 0.6) is 0 Å². The number of hydrogen-bond acceptors (Lipinski definition) is 2. The maximum Gasteiger partial charge on any atom is 0.221 e. The Labute approximate surface area is 111 Å². The molecule has 0 bridgehead atoms. The van der Waals surface area contributed by atoms with Gasteiger partial charge in [0.1, 0.15) is 0 Å². The molecule has 2 rings (SSSR count). The summed E-state index contributed by atoms with van der Waals surface area (Å²) in [6.07, 6.45) is 11.3. The first-order valence-electron chi connectivity index (χ1n) is 7.78. The Morgan fingerprint density at radius 2 is 1.78 bits per heavy atom. The van der Waals surface area contributed by atoms with E-state index in [4.69, 9.17) is 0 Å². The third-order valence-electron chi connectivity index (χ3n) is 4.37. The van der Waals surface area contributed by atoms with E-state index in [1.807, 2.05) is 0 Å². The van der Waals surface area contributed by atoms with E-state index >= 15 is 0 Å². The lowest BCUT2D eigenvalue weighted by Gasteiger charge is -2.23. The summed E-state index contributed by atoms with van der Waals surface area (Å²) in [4.78, 5) is 11.6. The van der Waals surface area contributed by atoms with Crippen LogP contribution in [0, 0.1) is 5.92 Å². The van der Waals surface area contributed by atoms with Gasteiger partial charge in [-0.25, -0.2) is 0 Å². The molecule has 2 aliphatic carbocycles. The van der Waals surface area contributed by atoms with E-state index in [9.17, 15) is 4.79 Å². The lowest BCUT2D eigenvalue weighted by atomic mass is 9.93. The zero-order valence-electron chi connectivity index (χ0n) is 11.7. The monoisotopic (exact) mass is 252 g/mol. The summed E-state index contributed by atoms with van der Waals surface area (Å²) in [7, 11) is 0. The normalized spacial score (nSPS) is 23.4. The minimum atomic E-state index is 0.220. The maximum atomic E-state index is 11.6. The summed E-state index contributed by atoms with van der Waals surface area (Å²) in [6.45, 7) is 3.12. The lowest BCUT2D eigenvalue weighted by Crippen LogP contribution is -2.36. The molecule has 0 aliphatic heterocycles. The molecular formula is C15H28N2O. The molecule has 0 unspecified atom stereocenters. The van der Waals surface area contributed by atoms with Crippen molar-refractivity contribution >= 4 is 5.91 Å². The fraction of sp³-hybridized carbons (Fsp3) is 0.933. The van der Waals surface area contributed by atoms with E-state index in [-0.39, 0.29) is 5.91 Å². The van der Waals surface area contributed by atoms with E-state index in [2.05, 4.69) is 17.6 Å². The van der Waals surface area contributed by atoms with E-state index in [0.717, 1.165) is 12.5 Å². The molecule has 1 atom stereocenters. The third kappa shape index (κ3) is 4.97. The highest BCUT2D eigenvalue weighted by atomic mass is 16.1. The Hall–Kier alpha value is -0.570. The van der Waals surface area contributed by atoms with E-state index < -0.39 is 0 Å². The Balaban J connectivity index is 1.57. The SMILES string of the molecule is C[C@@H](NCCC(=O)NC1CC1)C1CCCCCC1. The van der Waals surface area contributed by atoms with Crippen molar-refractivity contribution < 1.29 is 4.79 Å². The number of carbonyl (C=O) groups is 1.